The van der Waals surface area contributed by atoms with Crippen molar-refractivity contribution in [3.05, 3.63) is 65.7 Å². The first-order valence-electron chi connectivity index (χ1n) is 8.05. The van der Waals surface area contributed by atoms with Crippen LogP contribution in [-0.4, -0.2) is 41.4 Å². The van der Waals surface area contributed by atoms with Crippen LogP contribution < -0.4 is 9.67 Å². The van der Waals surface area contributed by atoms with Crippen molar-refractivity contribution in [1.82, 2.24) is 5.32 Å². The van der Waals surface area contributed by atoms with Crippen LogP contribution >= 0.6 is 0 Å². The van der Waals surface area contributed by atoms with Crippen molar-refractivity contribution >= 4 is 25.5 Å². The van der Waals surface area contributed by atoms with E-state index in [1.807, 2.05) is 44.2 Å². The van der Waals surface area contributed by atoms with Crippen molar-refractivity contribution in [2.45, 2.75) is 38.8 Å². The number of rotatable bonds is 8. The van der Waals surface area contributed by atoms with E-state index in [-0.39, 0.29) is 17.9 Å². The molecule has 0 heterocycles. The molecule has 0 aromatic heterocycles. The standard InChI is InChI=1S/C19H24AsNO3/c1-14(2)21-18(12-15-6-4-3-5-7-15)19(22)13-16-8-10-17(11-9-16)20(23)24/h3-11,14,18,21,23-24H,12-13H2,1-2H3/t18-/m0/s1. The summed E-state index contributed by atoms with van der Waals surface area (Å²) in [5.41, 5.74) is 2.03. The van der Waals surface area contributed by atoms with Crippen LogP contribution in [0.4, 0.5) is 0 Å². The van der Waals surface area contributed by atoms with Gasteiger partial charge in [0.25, 0.3) is 0 Å². The Labute approximate surface area is 148 Å². The van der Waals surface area contributed by atoms with Gasteiger partial charge in [-0.05, 0) is 0 Å². The van der Waals surface area contributed by atoms with Crippen molar-refractivity contribution in [3.8, 4) is 0 Å². The third-order valence-electron chi connectivity index (χ3n) is 3.75. The van der Waals surface area contributed by atoms with E-state index >= 15 is 0 Å². The summed E-state index contributed by atoms with van der Waals surface area (Å²) in [7, 11) is 0. The molecule has 5 heteroatoms. The van der Waals surface area contributed by atoms with E-state index in [0.717, 1.165) is 11.1 Å². The molecule has 2 aromatic carbocycles. The Bertz CT molecular complexity index is 641. The number of ketones is 1. The first-order valence-corrected chi connectivity index (χ1v) is 10.7. The summed E-state index contributed by atoms with van der Waals surface area (Å²) >= 11 is -2.83. The van der Waals surface area contributed by atoms with Crippen LogP contribution in [0.15, 0.2) is 54.6 Å². The SMILES string of the molecule is CC(C)N[C@@H](Cc1ccccc1)C(=O)Cc1ccc([As](O)O)cc1. The zero-order valence-corrected chi connectivity index (χ0v) is 15.9. The Morgan fingerprint density at radius 3 is 2.17 bits per heavy atom. The fourth-order valence-electron chi connectivity index (χ4n) is 2.59. The minimum absolute atomic E-state index is 0.141. The van der Waals surface area contributed by atoms with E-state index in [9.17, 15) is 13.0 Å². The van der Waals surface area contributed by atoms with E-state index in [4.69, 9.17) is 0 Å². The molecule has 0 fully saturated rings. The molecule has 0 unspecified atom stereocenters. The average molecular weight is 389 g/mol. The predicted octanol–water partition coefficient (Wildman–Crippen LogP) is 1.09. The van der Waals surface area contributed by atoms with Gasteiger partial charge in [-0.3, -0.25) is 0 Å². The molecule has 0 amide bonds. The van der Waals surface area contributed by atoms with Gasteiger partial charge in [-0.15, -0.1) is 0 Å². The number of hydrogen-bond donors (Lipinski definition) is 3. The van der Waals surface area contributed by atoms with E-state index in [2.05, 4.69) is 5.32 Å². The van der Waals surface area contributed by atoms with Gasteiger partial charge in [-0.25, -0.2) is 0 Å². The molecular weight excluding hydrogens is 365 g/mol. The molecule has 0 saturated carbocycles. The van der Waals surface area contributed by atoms with Crippen molar-refractivity contribution in [2.24, 2.45) is 0 Å². The van der Waals surface area contributed by atoms with Crippen LogP contribution in [0.1, 0.15) is 25.0 Å². The molecule has 2 rings (SSSR count). The summed E-state index contributed by atoms with van der Waals surface area (Å²) in [6, 6.07) is 17.0. The van der Waals surface area contributed by atoms with Gasteiger partial charge in [-0.2, -0.15) is 0 Å². The van der Waals surface area contributed by atoms with Gasteiger partial charge < -0.3 is 0 Å². The Hall–Kier alpha value is -1.45. The number of benzene rings is 2. The first-order chi connectivity index (χ1) is 11.5. The van der Waals surface area contributed by atoms with E-state index in [1.54, 1.807) is 24.3 Å². The molecule has 0 aliphatic heterocycles. The van der Waals surface area contributed by atoms with Gasteiger partial charge in [0, 0.05) is 0 Å². The van der Waals surface area contributed by atoms with Gasteiger partial charge >= 0.3 is 148 Å². The maximum atomic E-state index is 12.7. The molecule has 0 spiro atoms. The third-order valence-corrected chi connectivity index (χ3v) is 5.35. The first kappa shape index (κ1) is 18.9. The molecule has 128 valence electrons. The number of carbonyl (C=O) groups is 1. The molecule has 3 N–H and O–H groups in total. The van der Waals surface area contributed by atoms with Crippen molar-refractivity contribution < 1.29 is 13.0 Å². The second-order valence-corrected chi connectivity index (χ2v) is 8.46. The second kappa shape index (κ2) is 9.14. The molecule has 0 saturated heterocycles. The van der Waals surface area contributed by atoms with Crippen LogP contribution in [0.3, 0.4) is 0 Å². The quantitative estimate of drug-likeness (QED) is 0.592. The van der Waals surface area contributed by atoms with Gasteiger partial charge in [0.2, 0.25) is 0 Å². The molecule has 4 nitrogen and oxygen atoms in total. The topological polar surface area (TPSA) is 69.6 Å². The molecule has 0 aliphatic carbocycles. The fraction of sp³-hybridized carbons (Fsp3) is 0.316. The molecule has 24 heavy (non-hydrogen) atoms. The molecule has 2 aromatic rings. The van der Waals surface area contributed by atoms with Crippen LogP contribution in [0.25, 0.3) is 0 Å². The predicted molar refractivity (Wildman–Crippen MR) is 97.2 cm³/mol. The maximum absolute atomic E-state index is 12.7. The van der Waals surface area contributed by atoms with Crippen LogP contribution in [0.2, 0.25) is 0 Å². The van der Waals surface area contributed by atoms with Gasteiger partial charge in [-0.1, -0.05) is 0 Å². The Kier molecular flexibility index (Phi) is 7.19. The van der Waals surface area contributed by atoms with Crippen LogP contribution in [-0.2, 0) is 17.6 Å². The minimum atomic E-state index is -2.83. The molecule has 0 radical (unpaired) electrons. The Balaban J connectivity index is 2.06. The third kappa shape index (κ3) is 5.88. The molecule has 0 bridgehead atoms. The van der Waals surface area contributed by atoms with Crippen LogP contribution in [0, 0.1) is 0 Å². The number of hydrogen-bond acceptors (Lipinski definition) is 4. The Morgan fingerprint density at radius 1 is 1.00 bits per heavy atom. The number of Topliss-reactive ketones (excluding diaryl/α,β-unsaturated/α-hetero) is 1. The molecular formula is C19H24AsNO3. The summed E-state index contributed by atoms with van der Waals surface area (Å²) < 4.78 is 19.1. The fourth-order valence-corrected chi connectivity index (χ4v) is 3.46. The second-order valence-electron chi connectivity index (χ2n) is 6.16. The van der Waals surface area contributed by atoms with E-state index in [1.165, 1.54) is 0 Å². The molecule has 0 aliphatic rings. The normalized spacial score (nSPS) is 12.6. The van der Waals surface area contributed by atoms with E-state index < -0.39 is 15.3 Å². The van der Waals surface area contributed by atoms with Crippen molar-refractivity contribution in [1.29, 1.82) is 0 Å². The number of nitrogens with one attached hydrogen (secondary N) is 1. The van der Waals surface area contributed by atoms with Gasteiger partial charge in [0.05, 0.1) is 0 Å². The zero-order valence-electron chi connectivity index (χ0n) is 14.0. The van der Waals surface area contributed by atoms with Crippen molar-refractivity contribution in [3.63, 3.8) is 0 Å². The average Bonchev–Trinajstić information content (AvgIpc) is 2.55. The van der Waals surface area contributed by atoms with Gasteiger partial charge in [0.15, 0.2) is 0 Å². The van der Waals surface area contributed by atoms with Gasteiger partial charge in [0.1, 0.15) is 0 Å². The summed E-state index contributed by atoms with van der Waals surface area (Å²) in [4.78, 5) is 12.7. The summed E-state index contributed by atoms with van der Waals surface area (Å²) in [5, 5.41) is 3.36. The Morgan fingerprint density at radius 2 is 1.62 bits per heavy atom. The van der Waals surface area contributed by atoms with Crippen molar-refractivity contribution in [2.75, 3.05) is 0 Å². The molecule has 1 atom stereocenters. The van der Waals surface area contributed by atoms with Crippen LogP contribution in [0.5, 0.6) is 0 Å². The summed E-state index contributed by atoms with van der Waals surface area (Å²) in [6.07, 6.45) is 1.000. The number of carbonyl (C=O) groups excluding carboxylic acids is 1. The van der Waals surface area contributed by atoms with E-state index in [0.29, 0.717) is 17.2 Å². The summed E-state index contributed by atoms with van der Waals surface area (Å²) in [6.45, 7) is 4.07. The summed E-state index contributed by atoms with van der Waals surface area (Å²) in [5.74, 6) is 0.141. The monoisotopic (exact) mass is 389 g/mol. The zero-order chi connectivity index (χ0) is 17.5.